The summed E-state index contributed by atoms with van der Waals surface area (Å²) in [6.45, 7) is 0.648. The molecule has 15 heavy (non-hydrogen) atoms. The molecule has 0 spiro atoms. The third kappa shape index (κ3) is 1.99. The van der Waals surface area contributed by atoms with E-state index in [1.54, 1.807) is 0 Å². The van der Waals surface area contributed by atoms with Crippen LogP contribution in [0.25, 0.3) is 0 Å². The van der Waals surface area contributed by atoms with E-state index in [2.05, 4.69) is 0 Å². The molecule has 84 valence electrons. The van der Waals surface area contributed by atoms with E-state index in [-0.39, 0.29) is 11.4 Å². The zero-order valence-electron chi connectivity index (χ0n) is 7.97. The molecule has 0 fully saturated rings. The number of anilines is 2. The van der Waals surface area contributed by atoms with E-state index in [1.165, 1.54) is 12.1 Å². The van der Waals surface area contributed by atoms with Gasteiger partial charge in [0.1, 0.15) is 0 Å². The standard InChI is InChI=1S/C9H11F3N2O/c1-8(15,9(10,11)12)6-3-2-5(13)4-7(6)14/h2-4,15H,13-14H2,1H3. The van der Waals surface area contributed by atoms with Crippen molar-refractivity contribution in [1.29, 1.82) is 0 Å². The molecule has 0 amide bonds. The number of aliphatic hydroxyl groups is 1. The molecule has 1 unspecified atom stereocenters. The molecule has 0 saturated heterocycles. The van der Waals surface area contributed by atoms with Crippen molar-refractivity contribution in [1.82, 2.24) is 0 Å². The topological polar surface area (TPSA) is 72.3 Å². The van der Waals surface area contributed by atoms with Crippen LogP contribution in [0.15, 0.2) is 18.2 Å². The molecule has 0 aliphatic carbocycles. The Balaban J connectivity index is 3.28. The van der Waals surface area contributed by atoms with Crippen LogP contribution in [0.1, 0.15) is 12.5 Å². The minimum Gasteiger partial charge on any atom is -0.399 e. The lowest BCUT2D eigenvalue weighted by Crippen LogP contribution is -2.39. The predicted molar refractivity (Wildman–Crippen MR) is 50.9 cm³/mol. The summed E-state index contributed by atoms with van der Waals surface area (Å²) < 4.78 is 37.4. The van der Waals surface area contributed by atoms with Gasteiger partial charge in [0.25, 0.3) is 0 Å². The summed E-state index contributed by atoms with van der Waals surface area (Å²) in [5, 5.41) is 9.35. The fourth-order valence-electron chi connectivity index (χ4n) is 1.18. The number of hydrogen-bond acceptors (Lipinski definition) is 3. The summed E-state index contributed by atoms with van der Waals surface area (Å²) >= 11 is 0. The maximum atomic E-state index is 12.5. The monoisotopic (exact) mass is 220 g/mol. The van der Waals surface area contributed by atoms with Gasteiger partial charge in [-0.15, -0.1) is 0 Å². The molecular weight excluding hydrogens is 209 g/mol. The molecular formula is C9H11F3N2O. The smallest absolute Gasteiger partial charge is 0.399 e. The molecule has 0 heterocycles. The first-order valence-corrected chi connectivity index (χ1v) is 4.11. The fourth-order valence-corrected chi connectivity index (χ4v) is 1.18. The van der Waals surface area contributed by atoms with Crippen LogP contribution in [0.3, 0.4) is 0 Å². The van der Waals surface area contributed by atoms with E-state index < -0.39 is 17.3 Å². The molecule has 0 aliphatic heterocycles. The second-order valence-electron chi connectivity index (χ2n) is 3.42. The number of alkyl halides is 3. The Morgan fingerprint density at radius 3 is 2.13 bits per heavy atom. The van der Waals surface area contributed by atoms with Gasteiger partial charge in [-0.05, 0) is 19.1 Å². The minimum absolute atomic E-state index is 0.183. The van der Waals surface area contributed by atoms with Crippen molar-refractivity contribution in [3.05, 3.63) is 23.8 Å². The van der Waals surface area contributed by atoms with Crippen LogP contribution >= 0.6 is 0 Å². The maximum Gasteiger partial charge on any atom is 0.421 e. The van der Waals surface area contributed by atoms with Crippen molar-refractivity contribution in [2.45, 2.75) is 18.7 Å². The lowest BCUT2D eigenvalue weighted by molar-refractivity contribution is -0.258. The zero-order chi connectivity index (χ0) is 11.9. The Hall–Kier alpha value is -1.43. The van der Waals surface area contributed by atoms with Crippen LogP contribution in [-0.4, -0.2) is 11.3 Å². The van der Waals surface area contributed by atoms with Crippen LogP contribution in [-0.2, 0) is 5.60 Å². The molecule has 1 atom stereocenters. The number of benzene rings is 1. The highest BCUT2D eigenvalue weighted by Gasteiger charge is 2.51. The van der Waals surface area contributed by atoms with Crippen molar-refractivity contribution in [2.75, 3.05) is 11.5 Å². The minimum atomic E-state index is -4.78. The number of nitrogen functional groups attached to an aromatic ring is 2. The average molecular weight is 220 g/mol. The first-order chi connectivity index (χ1) is 6.66. The van der Waals surface area contributed by atoms with E-state index in [1.807, 2.05) is 0 Å². The Kier molecular flexibility index (Phi) is 2.56. The predicted octanol–water partition coefficient (Wildman–Crippen LogP) is 1.62. The molecule has 0 aromatic heterocycles. The maximum absolute atomic E-state index is 12.5. The van der Waals surface area contributed by atoms with Crippen LogP contribution in [0.5, 0.6) is 0 Å². The average Bonchev–Trinajstić information content (AvgIpc) is 2.00. The van der Waals surface area contributed by atoms with Gasteiger partial charge in [0.2, 0.25) is 0 Å². The summed E-state index contributed by atoms with van der Waals surface area (Å²) in [4.78, 5) is 0. The summed E-state index contributed by atoms with van der Waals surface area (Å²) in [6, 6.07) is 3.50. The third-order valence-corrected chi connectivity index (χ3v) is 2.15. The van der Waals surface area contributed by atoms with Gasteiger partial charge in [-0.1, -0.05) is 6.07 Å². The van der Waals surface area contributed by atoms with Crippen molar-refractivity contribution in [3.63, 3.8) is 0 Å². The number of rotatable bonds is 1. The Morgan fingerprint density at radius 2 is 1.73 bits per heavy atom. The summed E-state index contributed by atoms with van der Waals surface area (Å²) in [7, 11) is 0. The van der Waals surface area contributed by atoms with Gasteiger partial charge in [-0.25, -0.2) is 0 Å². The summed E-state index contributed by atoms with van der Waals surface area (Å²) in [6.07, 6.45) is -4.78. The second-order valence-corrected chi connectivity index (χ2v) is 3.42. The van der Waals surface area contributed by atoms with Gasteiger partial charge >= 0.3 is 6.18 Å². The molecule has 0 saturated carbocycles. The Labute approximate surface area is 84.5 Å². The fraction of sp³-hybridized carbons (Fsp3) is 0.333. The van der Waals surface area contributed by atoms with Gasteiger partial charge in [-0.2, -0.15) is 13.2 Å². The van der Waals surface area contributed by atoms with E-state index in [0.29, 0.717) is 6.92 Å². The Bertz CT molecular complexity index is 374. The lowest BCUT2D eigenvalue weighted by atomic mass is 9.93. The highest BCUT2D eigenvalue weighted by molar-refractivity contribution is 5.58. The van der Waals surface area contributed by atoms with E-state index >= 15 is 0 Å². The number of hydrogen-bond donors (Lipinski definition) is 3. The van der Waals surface area contributed by atoms with Crippen LogP contribution in [0.4, 0.5) is 24.5 Å². The largest absolute Gasteiger partial charge is 0.421 e. The van der Waals surface area contributed by atoms with Crippen molar-refractivity contribution >= 4 is 11.4 Å². The zero-order valence-corrected chi connectivity index (χ0v) is 7.97. The highest BCUT2D eigenvalue weighted by atomic mass is 19.4. The molecule has 1 aromatic carbocycles. The normalized spacial score (nSPS) is 16.1. The second kappa shape index (κ2) is 3.30. The SMILES string of the molecule is CC(O)(c1ccc(N)cc1N)C(F)(F)F. The van der Waals surface area contributed by atoms with E-state index in [4.69, 9.17) is 11.5 Å². The van der Waals surface area contributed by atoms with Crippen molar-refractivity contribution < 1.29 is 18.3 Å². The van der Waals surface area contributed by atoms with Gasteiger partial charge in [0.05, 0.1) is 0 Å². The van der Waals surface area contributed by atoms with Gasteiger partial charge < -0.3 is 16.6 Å². The third-order valence-electron chi connectivity index (χ3n) is 2.15. The molecule has 0 bridgehead atoms. The molecule has 1 rings (SSSR count). The first-order valence-electron chi connectivity index (χ1n) is 4.11. The van der Waals surface area contributed by atoms with Gasteiger partial charge in [0.15, 0.2) is 5.60 Å². The summed E-state index contributed by atoms with van der Waals surface area (Å²) in [5.41, 5.74) is 7.40. The molecule has 5 N–H and O–H groups in total. The van der Waals surface area contributed by atoms with Crippen LogP contribution in [0.2, 0.25) is 0 Å². The quantitative estimate of drug-likeness (QED) is 0.630. The molecule has 0 radical (unpaired) electrons. The molecule has 0 aliphatic rings. The van der Waals surface area contributed by atoms with E-state index in [9.17, 15) is 18.3 Å². The lowest BCUT2D eigenvalue weighted by Gasteiger charge is -2.27. The summed E-state index contributed by atoms with van der Waals surface area (Å²) in [5.74, 6) is 0. The van der Waals surface area contributed by atoms with Crippen LogP contribution < -0.4 is 11.5 Å². The van der Waals surface area contributed by atoms with Crippen molar-refractivity contribution in [3.8, 4) is 0 Å². The van der Waals surface area contributed by atoms with Gasteiger partial charge in [-0.3, -0.25) is 0 Å². The van der Waals surface area contributed by atoms with E-state index in [0.717, 1.165) is 6.07 Å². The number of nitrogens with two attached hydrogens (primary N) is 2. The first kappa shape index (κ1) is 11.6. The van der Waals surface area contributed by atoms with Crippen molar-refractivity contribution in [2.24, 2.45) is 0 Å². The molecule has 3 nitrogen and oxygen atoms in total. The highest BCUT2D eigenvalue weighted by Crippen LogP contribution is 2.41. The Morgan fingerprint density at radius 1 is 1.20 bits per heavy atom. The molecule has 1 aromatic rings. The van der Waals surface area contributed by atoms with Gasteiger partial charge in [0, 0.05) is 16.9 Å². The molecule has 6 heteroatoms. The van der Waals surface area contributed by atoms with Crippen LogP contribution in [0, 0.1) is 0 Å². The number of halogens is 3.